The van der Waals surface area contributed by atoms with Crippen molar-refractivity contribution in [3.63, 3.8) is 0 Å². The van der Waals surface area contributed by atoms with Crippen molar-refractivity contribution in [1.29, 1.82) is 0 Å². The van der Waals surface area contributed by atoms with Crippen LogP contribution in [-0.2, 0) is 0 Å². The van der Waals surface area contributed by atoms with Gasteiger partial charge in [-0.05, 0) is 54.8 Å². The number of benzene rings is 1. The summed E-state index contributed by atoms with van der Waals surface area (Å²) < 4.78 is 5.30. The normalized spacial score (nSPS) is 10.4. The molecule has 0 aliphatic heterocycles. The monoisotopic (exact) mass is 233 g/mol. The highest BCUT2D eigenvalue weighted by Gasteiger charge is 2.08. The van der Waals surface area contributed by atoms with Crippen LogP contribution >= 0.6 is 11.3 Å². The summed E-state index contributed by atoms with van der Waals surface area (Å²) in [6.07, 6.45) is 0. The molecule has 0 bridgehead atoms. The van der Waals surface area contributed by atoms with Crippen LogP contribution in [0.3, 0.4) is 0 Å². The fraction of sp³-hybridized carbons (Fsp3) is 0.231. The van der Waals surface area contributed by atoms with Crippen molar-refractivity contribution in [3.05, 3.63) is 35.4 Å². The van der Waals surface area contributed by atoms with Crippen molar-refractivity contribution in [1.82, 2.24) is 0 Å². The van der Waals surface area contributed by atoms with Crippen LogP contribution in [-0.4, -0.2) is 7.11 Å². The Balaban J connectivity index is 2.54. The van der Waals surface area contributed by atoms with E-state index in [2.05, 4.69) is 32.0 Å². The van der Waals surface area contributed by atoms with E-state index in [0.29, 0.717) is 0 Å². The van der Waals surface area contributed by atoms with Crippen molar-refractivity contribution in [2.75, 3.05) is 12.8 Å². The first-order valence-corrected chi connectivity index (χ1v) is 5.94. The first kappa shape index (κ1) is 11.0. The molecule has 0 unspecified atom stereocenters. The minimum Gasteiger partial charge on any atom is -0.496 e. The summed E-state index contributed by atoms with van der Waals surface area (Å²) in [5.74, 6) is 0.936. The predicted octanol–water partition coefficient (Wildman–Crippen LogP) is 3.62. The van der Waals surface area contributed by atoms with E-state index < -0.39 is 0 Å². The molecule has 1 aromatic heterocycles. The van der Waals surface area contributed by atoms with Crippen molar-refractivity contribution < 1.29 is 4.74 Å². The standard InChI is InChI=1S/C13H15NOS/c1-8-7-11(15-3)9(2)6-10(8)12-4-5-13(14)16-12/h4-7H,14H2,1-3H3. The molecule has 0 amide bonds. The summed E-state index contributed by atoms with van der Waals surface area (Å²) >= 11 is 1.61. The smallest absolute Gasteiger partial charge is 0.122 e. The van der Waals surface area contributed by atoms with E-state index in [-0.39, 0.29) is 0 Å². The number of hydrogen-bond donors (Lipinski definition) is 1. The molecule has 2 aromatic rings. The Morgan fingerprint density at radius 2 is 1.88 bits per heavy atom. The summed E-state index contributed by atoms with van der Waals surface area (Å²) in [5, 5.41) is 0.850. The second kappa shape index (κ2) is 4.18. The zero-order valence-electron chi connectivity index (χ0n) is 9.70. The highest BCUT2D eigenvalue weighted by atomic mass is 32.1. The molecular weight excluding hydrogens is 218 g/mol. The van der Waals surface area contributed by atoms with Gasteiger partial charge in [0.05, 0.1) is 12.1 Å². The molecule has 0 aliphatic rings. The van der Waals surface area contributed by atoms with E-state index in [0.717, 1.165) is 16.3 Å². The first-order chi connectivity index (χ1) is 7.61. The molecule has 0 saturated heterocycles. The molecule has 0 radical (unpaired) electrons. The van der Waals surface area contributed by atoms with Crippen LogP contribution in [0.15, 0.2) is 24.3 Å². The van der Waals surface area contributed by atoms with Crippen LogP contribution in [0.5, 0.6) is 5.75 Å². The fourth-order valence-corrected chi connectivity index (χ4v) is 2.63. The van der Waals surface area contributed by atoms with Gasteiger partial charge in [0.2, 0.25) is 0 Å². The Labute approximate surface area is 99.7 Å². The van der Waals surface area contributed by atoms with Crippen molar-refractivity contribution in [2.24, 2.45) is 0 Å². The molecular formula is C13H15NOS. The van der Waals surface area contributed by atoms with Gasteiger partial charge < -0.3 is 10.5 Å². The van der Waals surface area contributed by atoms with Crippen LogP contribution in [0, 0.1) is 13.8 Å². The second-order valence-electron chi connectivity index (χ2n) is 3.84. The van der Waals surface area contributed by atoms with Gasteiger partial charge in [0.25, 0.3) is 0 Å². The quantitative estimate of drug-likeness (QED) is 0.859. The van der Waals surface area contributed by atoms with Crippen LogP contribution in [0.2, 0.25) is 0 Å². The molecule has 84 valence electrons. The van der Waals surface area contributed by atoms with Gasteiger partial charge in [-0.2, -0.15) is 0 Å². The Bertz CT molecular complexity index is 517. The number of nitrogen functional groups attached to an aromatic ring is 1. The summed E-state index contributed by atoms with van der Waals surface area (Å²) in [6, 6.07) is 8.23. The van der Waals surface area contributed by atoms with Gasteiger partial charge in [0, 0.05) is 4.88 Å². The van der Waals surface area contributed by atoms with E-state index in [9.17, 15) is 0 Å². The van der Waals surface area contributed by atoms with Crippen LogP contribution in [0.25, 0.3) is 10.4 Å². The average molecular weight is 233 g/mol. The molecule has 0 saturated carbocycles. The molecule has 2 N–H and O–H groups in total. The predicted molar refractivity (Wildman–Crippen MR) is 70.2 cm³/mol. The van der Waals surface area contributed by atoms with Crippen LogP contribution in [0.4, 0.5) is 5.00 Å². The van der Waals surface area contributed by atoms with Crippen LogP contribution < -0.4 is 10.5 Å². The minimum atomic E-state index is 0.850. The molecule has 16 heavy (non-hydrogen) atoms. The lowest BCUT2D eigenvalue weighted by Crippen LogP contribution is -1.90. The van der Waals surface area contributed by atoms with Gasteiger partial charge in [-0.25, -0.2) is 0 Å². The van der Waals surface area contributed by atoms with Gasteiger partial charge >= 0.3 is 0 Å². The Kier molecular flexibility index (Phi) is 2.88. The molecule has 0 atom stereocenters. The SMILES string of the molecule is COc1cc(C)c(-c2ccc(N)s2)cc1C. The van der Waals surface area contributed by atoms with Crippen molar-refractivity contribution >= 4 is 16.3 Å². The molecule has 0 fully saturated rings. The number of thiophene rings is 1. The Morgan fingerprint density at radius 3 is 2.44 bits per heavy atom. The zero-order valence-corrected chi connectivity index (χ0v) is 10.5. The molecule has 2 rings (SSSR count). The Hall–Kier alpha value is -1.48. The zero-order chi connectivity index (χ0) is 11.7. The minimum absolute atomic E-state index is 0.850. The van der Waals surface area contributed by atoms with Crippen molar-refractivity contribution in [2.45, 2.75) is 13.8 Å². The number of aryl methyl sites for hydroxylation is 2. The van der Waals surface area contributed by atoms with Gasteiger partial charge in [-0.15, -0.1) is 11.3 Å². The highest BCUT2D eigenvalue weighted by molar-refractivity contribution is 7.19. The number of hydrogen-bond acceptors (Lipinski definition) is 3. The van der Waals surface area contributed by atoms with E-state index in [1.165, 1.54) is 16.0 Å². The first-order valence-electron chi connectivity index (χ1n) is 5.12. The summed E-state index contributed by atoms with van der Waals surface area (Å²) in [5.41, 5.74) is 9.35. The number of methoxy groups -OCH3 is 1. The maximum Gasteiger partial charge on any atom is 0.122 e. The molecule has 0 spiro atoms. The third kappa shape index (κ3) is 1.91. The Morgan fingerprint density at radius 1 is 1.12 bits per heavy atom. The van der Waals surface area contributed by atoms with Gasteiger partial charge in [0.1, 0.15) is 5.75 Å². The number of nitrogens with two attached hydrogens (primary N) is 1. The van der Waals surface area contributed by atoms with Crippen molar-refractivity contribution in [3.8, 4) is 16.2 Å². The summed E-state index contributed by atoms with van der Waals surface area (Å²) in [4.78, 5) is 1.21. The topological polar surface area (TPSA) is 35.2 Å². The molecule has 1 aromatic carbocycles. The van der Waals surface area contributed by atoms with E-state index in [1.54, 1.807) is 18.4 Å². The van der Waals surface area contributed by atoms with Gasteiger partial charge in [0.15, 0.2) is 0 Å². The third-order valence-electron chi connectivity index (χ3n) is 2.63. The van der Waals surface area contributed by atoms with Gasteiger partial charge in [-0.3, -0.25) is 0 Å². The van der Waals surface area contributed by atoms with E-state index >= 15 is 0 Å². The number of rotatable bonds is 2. The van der Waals surface area contributed by atoms with Crippen LogP contribution in [0.1, 0.15) is 11.1 Å². The number of ether oxygens (including phenoxy) is 1. The van der Waals surface area contributed by atoms with E-state index in [4.69, 9.17) is 10.5 Å². The average Bonchev–Trinajstić information content (AvgIpc) is 2.67. The largest absolute Gasteiger partial charge is 0.496 e. The second-order valence-corrected chi connectivity index (χ2v) is 4.95. The third-order valence-corrected chi connectivity index (χ3v) is 3.58. The highest BCUT2D eigenvalue weighted by Crippen LogP contribution is 2.35. The number of anilines is 1. The molecule has 2 nitrogen and oxygen atoms in total. The lowest BCUT2D eigenvalue weighted by Gasteiger charge is -2.09. The molecule has 1 heterocycles. The van der Waals surface area contributed by atoms with E-state index in [1.807, 2.05) is 6.07 Å². The lowest BCUT2D eigenvalue weighted by molar-refractivity contribution is 0.411. The van der Waals surface area contributed by atoms with Gasteiger partial charge in [-0.1, -0.05) is 0 Å². The molecule has 3 heteroatoms. The fourth-order valence-electron chi connectivity index (χ4n) is 1.77. The summed E-state index contributed by atoms with van der Waals surface area (Å²) in [7, 11) is 1.70. The molecule has 0 aliphatic carbocycles. The maximum absolute atomic E-state index is 5.75. The summed E-state index contributed by atoms with van der Waals surface area (Å²) in [6.45, 7) is 4.14. The maximum atomic E-state index is 5.75. The lowest BCUT2D eigenvalue weighted by atomic mass is 10.0.